The first-order valence-corrected chi connectivity index (χ1v) is 33.2. The summed E-state index contributed by atoms with van der Waals surface area (Å²) in [5.74, 6) is -3.97. The van der Waals surface area contributed by atoms with E-state index in [0.29, 0.717) is 50.6 Å². The number of unbranched alkanes of at least 4 members (excludes halogenated alkanes) is 2. The molecule has 436 valence electrons. The molecule has 2 aliphatic carbocycles. The van der Waals surface area contributed by atoms with Crippen molar-refractivity contribution in [2.24, 2.45) is 35.5 Å². The minimum atomic E-state index is -3.62. The number of aryl methyl sites for hydroxylation is 2. The molecular weight excluding hydrogens is 1060 g/mol. The van der Waals surface area contributed by atoms with Crippen molar-refractivity contribution < 1.29 is 66.6 Å². The number of ether oxygens (including phenoxy) is 2. The van der Waals surface area contributed by atoms with Crippen LogP contribution in [0.4, 0.5) is 0 Å². The van der Waals surface area contributed by atoms with E-state index in [1.165, 1.54) is 33.8 Å². The molecule has 4 unspecified atom stereocenters. The molecule has 2 aromatic rings. The summed E-state index contributed by atoms with van der Waals surface area (Å²) in [7, 11) is -7.23. The number of rotatable bonds is 28. The zero-order chi connectivity index (χ0) is 56.8. The Kier molecular flexibility index (Phi) is 29.3. The number of amides is 2. The van der Waals surface area contributed by atoms with Crippen LogP contribution < -0.4 is 10.2 Å². The quantitative estimate of drug-likeness (QED) is 0.0255. The summed E-state index contributed by atoms with van der Waals surface area (Å²) < 4.78 is 51.3. The summed E-state index contributed by atoms with van der Waals surface area (Å²) >= 11 is 0. The zero-order valence-electron chi connectivity index (χ0n) is 48.1. The van der Waals surface area contributed by atoms with Crippen molar-refractivity contribution in [2.75, 3.05) is 37.7 Å². The second kappa shape index (κ2) is 34.1. The van der Waals surface area contributed by atoms with Gasteiger partial charge in [-0.15, -0.1) is 0 Å². The number of hydrogen-bond donors (Lipinski definition) is 0. The number of carbonyl (C=O) groups is 6. The molecule has 6 rings (SSSR count). The molecule has 8 atom stereocenters. The number of carbonyl (C=O) groups excluding carboxylic acids is 6. The van der Waals surface area contributed by atoms with Crippen molar-refractivity contribution in [2.45, 2.75) is 195 Å². The molecule has 0 spiro atoms. The standard InChI is InChI=1S/2C30H46NO7P.Mg/c2*1-4-28(33)37-30(22(2)3)38-39(36,18-12-11-15-23-13-7-5-8-14-23)21-27(32)31-20-25(19-26(31)29(34)35)24-16-9-6-10-17-24;/h2*5,7-8,13-14,22,24-26,30H,4,6,9-12,15-21H2,1-3H3,(H,34,35);/q;;+2/p-2/t2*25-,26+,30?,39?;/m11./s1. The van der Waals surface area contributed by atoms with Crippen molar-refractivity contribution in [1.29, 1.82) is 0 Å². The van der Waals surface area contributed by atoms with Gasteiger partial charge in [-0.05, 0) is 86.2 Å². The smallest absolute Gasteiger partial charge is 0.548 e. The van der Waals surface area contributed by atoms with Gasteiger partial charge in [-0.25, -0.2) is 0 Å². The number of hydrogen-bond acceptors (Lipinski definition) is 14. The number of likely N-dealkylation sites (tertiary alicyclic amines) is 2. The van der Waals surface area contributed by atoms with E-state index in [2.05, 4.69) is 0 Å². The van der Waals surface area contributed by atoms with E-state index in [1.807, 2.05) is 60.7 Å². The number of carboxylic acids is 2. The third kappa shape index (κ3) is 22.3. The fourth-order valence-corrected chi connectivity index (χ4v) is 16.2. The summed E-state index contributed by atoms with van der Waals surface area (Å²) in [5, 5.41) is 24.0. The number of aliphatic carboxylic acids is 2. The number of carboxylic acid groups (broad SMARTS) is 2. The Morgan fingerprint density at radius 2 is 0.873 bits per heavy atom. The Morgan fingerprint density at radius 3 is 1.18 bits per heavy atom. The van der Waals surface area contributed by atoms with Crippen LogP contribution in [0.3, 0.4) is 0 Å². The fourth-order valence-electron chi connectivity index (χ4n) is 11.6. The molecule has 19 heteroatoms. The summed E-state index contributed by atoms with van der Waals surface area (Å²) in [6, 6.07) is 17.9. The second-order valence-corrected chi connectivity index (χ2v) is 28.2. The second-order valence-electron chi connectivity index (χ2n) is 23.0. The van der Waals surface area contributed by atoms with Crippen LogP contribution in [-0.4, -0.2) is 131 Å². The minimum Gasteiger partial charge on any atom is -0.548 e. The van der Waals surface area contributed by atoms with Crippen molar-refractivity contribution in [3.63, 3.8) is 0 Å². The first-order chi connectivity index (χ1) is 37.2. The van der Waals surface area contributed by atoms with Gasteiger partial charge >= 0.3 is 35.0 Å². The van der Waals surface area contributed by atoms with Crippen molar-refractivity contribution in [3.8, 4) is 0 Å². The van der Waals surface area contributed by atoms with Crippen molar-refractivity contribution >= 4 is 73.5 Å². The fraction of sp³-hybridized carbons (Fsp3) is 0.700. The maximum Gasteiger partial charge on any atom is 2.00 e. The van der Waals surface area contributed by atoms with Crippen LogP contribution in [0.5, 0.6) is 0 Å². The maximum absolute atomic E-state index is 14.2. The van der Waals surface area contributed by atoms with Crippen LogP contribution in [0.2, 0.25) is 0 Å². The third-order valence-electron chi connectivity index (χ3n) is 16.1. The van der Waals surface area contributed by atoms with Gasteiger partial charge in [0.2, 0.25) is 39.1 Å². The monoisotopic (exact) mass is 1150 g/mol. The Morgan fingerprint density at radius 1 is 0.532 bits per heavy atom. The molecule has 0 radical (unpaired) electrons. The van der Waals surface area contributed by atoms with Crippen LogP contribution in [0.15, 0.2) is 60.7 Å². The van der Waals surface area contributed by atoms with E-state index in [0.717, 1.165) is 77.0 Å². The Hall–Kier alpha value is -3.59. The van der Waals surface area contributed by atoms with E-state index in [-0.39, 0.29) is 71.9 Å². The number of esters is 2. The molecule has 2 aromatic carbocycles. The average Bonchev–Trinajstić information content (AvgIpc) is 4.14. The molecule has 4 aliphatic rings. The van der Waals surface area contributed by atoms with Crippen LogP contribution in [0.25, 0.3) is 0 Å². The summed E-state index contributed by atoms with van der Waals surface area (Å²) in [6.45, 7) is 11.2. The number of nitrogens with zero attached hydrogens (tertiary/aromatic N) is 2. The predicted octanol–water partition coefficient (Wildman–Crippen LogP) is 9.19. The summed E-state index contributed by atoms with van der Waals surface area (Å²) in [6.07, 6.45) is 13.8. The van der Waals surface area contributed by atoms with E-state index in [1.54, 1.807) is 41.5 Å². The predicted molar refractivity (Wildman–Crippen MR) is 302 cm³/mol. The maximum atomic E-state index is 14.2. The SMILES string of the molecule is CCC(=O)OC(OP(=O)(CCCCc1ccccc1)CC(=O)N1C[C@H](C2CCCCC2)C[C@H]1C(=O)[O-])C(C)C.CCC(=O)OC(OP(=O)(CCCCc1ccccc1)CC(=O)N1C[C@H](C2CCCCC2)C[C@H]1C(=O)[O-])C(C)C.[Mg+2]. The first-order valence-electron chi connectivity index (χ1n) is 29.2. The van der Waals surface area contributed by atoms with E-state index >= 15 is 0 Å². The first kappa shape index (κ1) is 67.9. The van der Waals surface area contributed by atoms with Gasteiger partial charge < -0.3 is 39.1 Å². The van der Waals surface area contributed by atoms with Gasteiger partial charge in [-0.2, -0.15) is 0 Å². The van der Waals surface area contributed by atoms with Crippen LogP contribution in [0, 0.1) is 35.5 Å². The normalized spacial score (nSPS) is 22.1. The Bertz CT molecular complexity index is 2150. The average molecular weight is 1150 g/mol. The molecule has 79 heavy (non-hydrogen) atoms. The van der Waals surface area contributed by atoms with E-state index < -0.39 is 87.4 Å². The van der Waals surface area contributed by atoms with Crippen LogP contribution in [-0.2, 0) is 69.3 Å². The van der Waals surface area contributed by atoms with Crippen molar-refractivity contribution in [3.05, 3.63) is 71.8 Å². The molecule has 2 saturated carbocycles. The summed E-state index contributed by atoms with van der Waals surface area (Å²) in [5.41, 5.74) is 2.34. The van der Waals surface area contributed by atoms with Gasteiger partial charge in [0, 0.05) is 50.1 Å². The molecule has 0 bridgehead atoms. The van der Waals surface area contributed by atoms with Crippen LogP contribution in [0.1, 0.15) is 168 Å². The van der Waals surface area contributed by atoms with Gasteiger partial charge in [0.1, 0.15) is 12.3 Å². The minimum absolute atomic E-state index is 0. The molecule has 2 saturated heterocycles. The molecule has 2 aliphatic heterocycles. The Balaban J connectivity index is 0.000000336. The van der Waals surface area contributed by atoms with Gasteiger partial charge in [0.15, 0.2) is 0 Å². The van der Waals surface area contributed by atoms with E-state index in [9.17, 15) is 48.1 Å². The zero-order valence-corrected chi connectivity index (χ0v) is 51.3. The number of benzene rings is 2. The Labute approximate surface area is 487 Å². The molecule has 0 N–H and O–H groups in total. The van der Waals surface area contributed by atoms with Crippen LogP contribution >= 0.6 is 14.7 Å². The molecule has 0 aromatic heterocycles. The van der Waals surface area contributed by atoms with Gasteiger partial charge in [-0.1, -0.05) is 166 Å². The third-order valence-corrected chi connectivity index (χ3v) is 20.8. The van der Waals surface area contributed by atoms with Gasteiger partial charge in [0.25, 0.3) is 0 Å². The largest absolute Gasteiger partial charge is 2.00 e. The van der Waals surface area contributed by atoms with Gasteiger partial charge in [0.05, 0.1) is 24.0 Å². The molecule has 2 amide bonds. The van der Waals surface area contributed by atoms with E-state index in [4.69, 9.17) is 18.5 Å². The van der Waals surface area contributed by atoms with Gasteiger partial charge in [-0.3, -0.25) is 37.4 Å². The molecule has 2 heterocycles. The molecule has 4 fully saturated rings. The van der Waals surface area contributed by atoms with Crippen molar-refractivity contribution in [1.82, 2.24) is 9.80 Å². The summed E-state index contributed by atoms with van der Waals surface area (Å²) in [4.78, 5) is 77.9. The molecular formula is C60H90MgN2O14P2. The topological polar surface area (TPSA) is 226 Å². The molecule has 16 nitrogen and oxygen atoms in total.